The molecule has 0 aromatic heterocycles. The molecule has 0 aliphatic carbocycles. The van der Waals surface area contributed by atoms with E-state index in [-0.39, 0.29) is 11.3 Å². The van der Waals surface area contributed by atoms with Crippen molar-refractivity contribution < 1.29 is 17.9 Å². The van der Waals surface area contributed by atoms with E-state index < -0.39 is 24.0 Å². The molecule has 0 radical (unpaired) electrons. The molecular weight excluding hydrogens is 382 g/mol. The van der Waals surface area contributed by atoms with Gasteiger partial charge >= 0.3 is 0 Å². The average molecular weight is 393 g/mol. The third kappa shape index (κ3) is 3.10. The van der Waals surface area contributed by atoms with Gasteiger partial charge in [0.1, 0.15) is 11.9 Å². The van der Waals surface area contributed by atoms with E-state index in [0.29, 0.717) is 0 Å². The second-order valence-electron chi connectivity index (χ2n) is 3.42. The molecule has 3 nitrogen and oxygen atoms in total. The van der Waals surface area contributed by atoms with Crippen LogP contribution in [-0.2, 0) is 9.84 Å². The summed E-state index contributed by atoms with van der Waals surface area (Å²) < 4.78 is 34.3. The first-order valence-electron chi connectivity index (χ1n) is 4.76. The van der Waals surface area contributed by atoms with Gasteiger partial charge in [0.25, 0.3) is 0 Å². The summed E-state index contributed by atoms with van der Waals surface area (Å²) in [6, 6.07) is 4.89. The van der Waals surface area contributed by atoms with Crippen molar-refractivity contribution in [1.82, 2.24) is 0 Å². The predicted molar refractivity (Wildman–Crippen MR) is 73.4 cm³/mol. The van der Waals surface area contributed by atoms with E-state index >= 15 is 0 Å². The smallest absolute Gasteiger partial charge is 0.225 e. The summed E-state index contributed by atoms with van der Waals surface area (Å²) >= 11 is 7.40. The number of benzene rings is 1. The number of alkyl halides is 2. The Morgan fingerprint density at radius 2 is 1.94 bits per heavy atom. The van der Waals surface area contributed by atoms with Crippen LogP contribution in [0.15, 0.2) is 24.3 Å². The molecule has 7 heteroatoms. The molecule has 0 aliphatic heterocycles. The Labute approximate surface area is 118 Å². The third-order valence-electron chi connectivity index (χ3n) is 2.30. The second-order valence-corrected chi connectivity index (χ2v) is 9.76. The van der Waals surface area contributed by atoms with E-state index in [1.807, 2.05) is 0 Å². The minimum atomic E-state index is -3.65. The molecule has 2 atom stereocenters. The fourth-order valence-electron chi connectivity index (χ4n) is 1.20. The summed E-state index contributed by atoms with van der Waals surface area (Å²) in [6.45, 7) is 1.45. The first-order valence-corrected chi connectivity index (χ1v) is 7.87. The summed E-state index contributed by atoms with van der Waals surface area (Å²) in [5.41, 5.74) is 0.257. The number of sulfone groups is 1. The maximum Gasteiger partial charge on any atom is 0.225 e. The van der Waals surface area contributed by atoms with Crippen LogP contribution < -0.4 is 0 Å². The van der Waals surface area contributed by atoms with Crippen LogP contribution in [0.3, 0.4) is 0 Å². The van der Waals surface area contributed by atoms with Crippen LogP contribution in [0.5, 0.6) is 0 Å². The highest BCUT2D eigenvalue weighted by molar-refractivity contribution is 14.1. The molecule has 0 fully saturated rings. The van der Waals surface area contributed by atoms with Crippen molar-refractivity contribution in [1.29, 1.82) is 0 Å². The molecular formula is C10H11ClFIO3S. The highest BCUT2D eigenvalue weighted by Gasteiger charge is 2.45. The molecule has 1 N–H and O–H groups in total. The minimum Gasteiger partial charge on any atom is -0.385 e. The van der Waals surface area contributed by atoms with Crippen LogP contribution in [0.25, 0.3) is 0 Å². The Balaban J connectivity index is 3.12. The molecule has 0 saturated carbocycles. The standard InChI is InChI=1S/C10H11ClFIO3S/c1-2-17(15,16)10(11,13)9(14)7-3-5-8(12)6-4-7/h3-6,9,14H,2H2,1H3/t9-,10-/m1/s1. The Morgan fingerprint density at radius 3 is 2.35 bits per heavy atom. The number of hydrogen-bond donors (Lipinski definition) is 1. The van der Waals surface area contributed by atoms with Crippen LogP contribution in [0.1, 0.15) is 18.6 Å². The van der Waals surface area contributed by atoms with E-state index in [0.717, 1.165) is 12.1 Å². The lowest BCUT2D eigenvalue weighted by atomic mass is 10.1. The van der Waals surface area contributed by atoms with Crippen LogP contribution in [-0.4, -0.2) is 21.5 Å². The fraction of sp³-hybridized carbons (Fsp3) is 0.400. The van der Waals surface area contributed by atoms with Crippen LogP contribution in [0.4, 0.5) is 4.39 Å². The van der Waals surface area contributed by atoms with Gasteiger partial charge in [-0.3, -0.25) is 0 Å². The van der Waals surface area contributed by atoms with Gasteiger partial charge in [0.05, 0.1) is 5.75 Å². The molecule has 1 aromatic carbocycles. The van der Waals surface area contributed by atoms with Crippen molar-refractivity contribution in [3.63, 3.8) is 0 Å². The molecule has 17 heavy (non-hydrogen) atoms. The summed E-state index contributed by atoms with van der Waals surface area (Å²) in [7, 11) is -3.65. The number of halogens is 3. The topological polar surface area (TPSA) is 54.4 Å². The second kappa shape index (κ2) is 5.38. The van der Waals surface area contributed by atoms with Crippen molar-refractivity contribution in [2.45, 2.75) is 15.2 Å². The van der Waals surface area contributed by atoms with Gasteiger partial charge in [-0.25, -0.2) is 12.8 Å². The van der Waals surface area contributed by atoms with Crippen molar-refractivity contribution in [2.24, 2.45) is 0 Å². The maximum atomic E-state index is 12.7. The Bertz CT molecular complexity index is 487. The lowest BCUT2D eigenvalue weighted by molar-refractivity contribution is 0.187. The normalized spacial score (nSPS) is 17.5. The Hall–Kier alpha value is 0.0800. The van der Waals surface area contributed by atoms with Crippen molar-refractivity contribution in [3.8, 4) is 0 Å². The van der Waals surface area contributed by atoms with E-state index in [4.69, 9.17) is 11.6 Å². The zero-order valence-corrected chi connectivity index (χ0v) is 12.6. The molecule has 0 spiro atoms. The van der Waals surface area contributed by atoms with Crippen LogP contribution >= 0.6 is 34.2 Å². The van der Waals surface area contributed by atoms with Gasteiger partial charge in [0.15, 0.2) is 9.84 Å². The lowest BCUT2D eigenvalue weighted by Crippen LogP contribution is -2.34. The van der Waals surface area contributed by atoms with E-state index in [2.05, 4.69) is 0 Å². The van der Waals surface area contributed by atoms with Crippen LogP contribution in [0.2, 0.25) is 0 Å². The quantitative estimate of drug-likeness (QED) is 0.633. The molecule has 96 valence electrons. The number of hydrogen-bond acceptors (Lipinski definition) is 3. The monoisotopic (exact) mass is 392 g/mol. The molecule has 0 unspecified atom stereocenters. The Morgan fingerprint density at radius 1 is 1.47 bits per heavy atom. The largest absolute Gasteiger partial charge is 0.385 e. The average Bonchev–Trinajstić information content (AvgIpc) is 2.28. The summed E-state index contributed by atoms with van der Waals surface area (Å²) in [6.07, 6.45) is -1.42. The molecule has 1 rings (SSSR count). The molecule has 0 bridgehead atoms. The van der Waals surface area contributed by atoms with Crippen molar-refractivity contribution in [2.75, 3.05) is 5.75 Å². The van der Waals surface area contributed by atoms with Gasteiger partial charge in [0.2, 0.25) is 2.21 Å². The maximum absolute atomic E-state index is 12.7. The number of rotatable bonds is 4. The summed E-state index contributed by atoms with van der Waals surface area (Å²) in [5.74, 6) is -0.648. The zero-order chi connectivity index (χ0) is 13.3. The van der Waals surface area contributed by atoms with Crippen molar-refractivity contribution >= 4 is 44.0 Å². The third-order valence-corrected chi connectivity index (χ3v) is 7.63. The molecule has 1 aromatic rings. The van der Waals surface area contributed by atoms with Gasteiger partial charge < -0.3 is 5.11 Å². The number of aliphatic hydroxyl groups is 1. The van der Waals surface area contributed by atoms with Gasteiger partial charge in [-0.15, -0.1) is 0 Å². The van der Waals surface area contributed by atoms with Gasteiger partial charge in [-0.2, -0.15) is 0 Å². The fourth-order valence-corrected chi connectivity index (χ4v) is 3.81. The molecule has 0 amide bonds. The SMILES string of the molecule is CCS(=O)(=O)[C@](Cl)(I)[C@H](O)c1ccc(F)cc1. The van der Waals surface area contributed by atoms with Gasteiger partial charge in [-0.05, 0) is 40.3 Å². The lowest BCUT2D eigenvalue weighted by Gasteiger charge is -2.25. The number of aliphatic hydroxyl groups excluding tert-OH is 1. The summed E-state index contributed by atoms with van der Waals surface area (Å²) in [4.78, 5) is 0. The minimum absolute atomic E-state index is 0.183. The van der Waals surface area contributed by atoms with E-state index in [1.165, 1.54) is 41.6 Å². The Kier molecular flexibility index (Phi) is 4.79. The predicted octanol–water partition coefficient (Wildman–Crippen LogP) is 2.62. The highest BCUT2D eigenvalue weighted by atomic mass is 127. The van der Waals surface area contributed by atoms with E-state index in [1.54, 1.807) is 0 Å². The van der Waals surface area contributed by atoms with Crippen LogP contribution in [0, 0.1) is 5.82 Å². The van der Waals surface area contributed by atoms with Gasteiger partial charge in [-0.1, -0.05) is 30.7 Å². The molecule has 0 aliphatic rings. The molecule has 0 saturated heterocycles. The van der Waals surface area contributed by atoms with Gasteiger partial charge in [0, 0.05) is 0 Å². The molecule has 0 heterocycles. The van der Waals surface area contributed by atoms with Crippen molar-refractivity contribution in [3.05, 3.63) is 35.6 Å². The first kappa shape index (κ1) is 15.1. The first-order chi connectivity index (χ1) is 7.72. The zero-order valence-electron chi connectivity index (χ0n) is 8.90. The summed E-state index contributed by atoms with van der Waals surface area (Å²) in [5, 5.41) is 9.96. The highest BCUT2D eigenvalue weighted by Crippen LogP contribution is 2.43. The van der Waals surface area contributed by atoms with E-state index in [9.17, 15) is 17.9 Å².